The smallest absolute Gasteiger partial charge is 0.254 e. The minimum atomic E-state index is -0.0660. The van der Waals surface area contributed by atoms with Gasteiger partial charge in [-0.2, -0.15) is 0 Å². The van der Waals surface area contributed by atoms with Crippen LogP contribution < -0.4 is 15.2 Å². The molecular formula is C17H26N2O3. The average Bonchev–Trinajstić information content (AvgIpc) is 3.06. The molecule has 22 heavy (non-hydrogen) atoms. The fourth-order valence-electron chi connectivity index (χ4n) is 2.65. The fraction of sp³-hybridized carbons (Fsp3) is 0.588. The highest BCUT2D eigenvalue weighted by Gasteiger charge is 2.21. The molecule has 1 amide bonds. The van der Waals surface area contributed by atoms with Gasteiger partial charge in [0.1, 0.15) is 0 Å². The number of hydrogen-bond acceptors (Lipinski definition) is 4. The molecule has 1 unspecified atom stereocenters. The minimum absolute atomic E-state index is 0.00656. The molecule has 1 fully saturated rings. The summed E-state index contributed by atoms with van der Waals surface area (Å²) in [4.78, 5) is 14.1. The molecule has 2 N–H and O–H groups in total. The number of nitrogens with two attached hydrogens (primary N) is 1. The van der Waals surface area contributed by atoms with E-state index in [9.17, 15) is 4.79 Å². The van der Waals surface area contributed by atoms with Crippen molar-refractivity contribution >= 4 is 5.91 Å². The van der Waals surface area contributed by atoms with Gasteiger partial charge in [0.05, 0.1) is 13.2 Å². The molecule has 1 aromatic rings. The Kier molecular flexibility index (Phi) is 5.66. The van der Waals surface area contributed by atoms with Crippen molar-refractivity contribution < 1.29 is 14.3 Å². The number of rotatable bonds is 6. The van der Waals surface area contributed by atoms with Gasteiger partial charge in [0.2, 0.25) is 0 Å². The normalized spacial score (nSPS) is 16.4. The van der Waals surface area contributed by atoms with Gasteiger partial charge >= 0.3 is 0 Å². The highest BCUT2D eigenvalue weighted by Crippen LogP contribution is 2.32. The maximum absolute atomic E-state index is 12.4. The van der Waals surface area contributed by atoms with E-state index in [4.69, 9.17) is 15.2 Å². The van der Waals surface area contributed by atoms with Gasteiger partial charge in [0, 0.05) is 25.2 Å². The summed E-state index contributed by atoms with van der Waals surface area (Å²) in [7, 11) is 3.35. The number of carbonyl (C=O) groups is 1. The van der Waals surface area contributed by atoms with Crippen molar-refractivity contribution in [1.29, 1.82) is 0 Å². The van der Waals surface area contributed by atoms with Crippen molar-refractivity contribution in [3.63, 3.8) is 0 Å². The molecule has 0 aliphatic heterocycles. The molecular weight excluding hydrogens is 280 g/mol. The van der Waals surface area contributed by atoms with Crippen molar-refractivity contribution in [2.24, 2.45) is 5.73 Å². The first-order chi connectivity index (χ1) is 10.6. The molecule has 5 nitrogen and oxygen atoms in total. The molecule has 1 aliphatic carbocycles. The van der Waals surface area contributed by atoms with Gasteiger partial charge < -0.3 is 20.1 Å². The van der Waals surface area contributed by atoms with E-state index < -0.39 is 0 Å². The van der Waals surface area contributed by atoms with E-state index in [0.29, 0.717) is 23.6 Å². The topological polar surface area (TPSA) is 64.8 Å². The second-order valence-corrected chi connectivity index (χ2v) is 5.89. The number of hydrogen-bond donors (Lipinski definition) is 1. The van der Waals surface area contributed by atoms with Crippen LogP contribution in [0.5, 0.6) is 11.5 Å². The fourth-order valence-corrected chi connectivity index (χ4v) is 2.65. The van der Waals surface area contributed by atoms with Gasteiger partial charge in [0.15, 0.2) is 11.5 Å². The summed E-state index contributed by atoms with van der Waals surface area (Å²) in [6, 6.07) is 5.35. The standard InChI is InChI=1S/C17H26N2O3/c1-12(11-18)19(2)17(20)13-8-9-15(16(10-13)21-3)22-14-6-4-5-7-14/h8-10,12,14H,4-7,11,18H2,1-3H3. The van der Waals surface area contributed by atoms with E-state index in [1.54, 1.807) is 31.2 Å². The summed E-state index contributed by atoms with van der Waals surface area (Å²) in [5.74, 6) is 1.25. The number of likely N-dealkylation sites (N-methyl/N-ethyl adjacent to an activating group) is 1. The summed E-state index contributed by atoms with van der Waals surface area (Å²) >= 11 is 0. The minimum Gasteiger partial charge on any atom is -0.493 e. The van der Waals surface area contributed by atoms with Gasteiger partial charge in [-0.25, -0.2) is 0 Å². The third-order valence-corrected chi connectivity index (χ3v) is 4.33. The van der Waals surface area contributed by atoms with Crippen LogP contribution >= 0.6 is 0 Å². The van der Waals surface area contributed by atoms with Crippen molar-refractivity contribution in [1.82, 2.24) is 4.90 Å². The van der Waals surface area contributed by atoms with Crippen LogP contribution in [0, 0.1) is 0 Å². The highest BCUT2D eigenvalue weighted by molar-refractivity contribution is 5.95. The zero-order valence-electron chi connectivity index (χ0n) is 13.7. The van der Waals surface area contributed by atoms with Crippen LogP contribution in [0.2, 0.25) is 0 Å². The molecule has 1 atom stereocenters. The highest BCUT2D eigenvalue weighted by atomic mass is 16.5. The van der Waals surface area contributed by atoms with Gasteiger partial charge in [0.25, 0.3) is 5.91 Å². The third-order valence-electron chi connectivity index (χ3n) is 4.33. The number of nitrogens with zero attached hydrogens (tertiary/aromatic N) is 1. The predicted molar refractivity (Wildman–Crippen MR) is 86.5 cm³/mol. The Balaban J connectivity index is 2.15. The monoisotopic (exact) mass is 306 g/mol. The zero-order chi connectivity index (χ0) is 16.1. The molecule has 1 saturated carbocycles. The Morgan fingerprint density at radius 1 is 1.36 bits per heavy atom. The summed E-state index contributed by atoms with van der Waals surface area (Å²) < 4.78 is 11.4. The first-order valence-electron chi connectivity index (χ1n) is 7.88. The predicted octanol–water partition coefficient (Wildman–Crippen LogP) is 2.44. The molecule has 2 rings (SSSR count). The van der Waals surface area contributed by atoms with E-state index in [0.717, 1.165) is 12.8 Å². The molecule has 122 valence electrons. The average molecular weight is 306 g/mol. The van der Waals surface area contributed by atoms with E-state index in [1.165, 1.54) is 12.8 Å². The first kappa shape index (κ1) is 16.6. The first-order valence-corrected chi connectivity index (χ1v) is 7.88. The lowest BCUT2D eigenvalue weighted by molar-refractivity contribution is 0.0748. The second kappa shape index (κ2) is 7.49. The van der Waals surface area contributed by atoms with Crippen LogP contribution in [-0.2, 0) is 0 Å². The second-order valence-electron chi connectivity index (χ2n) is 5.89. The van der Waals surface area contributed by atoms with Crippen LogP contribution in [0.3, 0.4) is 0 Å². The van der Waals surface area contributed by atoms with Gasteiger partial charge in [-0.1, -0.05) is 0 Å². The van der Waals surface area contributed by atoms with E-state index >= 15 is 0 Å². The summed E-state index contributed by atoms with van der Waals surface area (Å²) in [5, 5.41) is 0. The molecule has 0 heterocycles. The van der Waals surface area contributed by atoms with E-state index in [1.807, 2.05) is 13.0 Å². The number of methoxy groups -OCH3 is 1. The molecule has 1 aromatic carbocycles. The quantitative estimate of drug-likeness (QED) is 0.876. The molecule has 0 bridgehead atoms. The summed E-state index contributed by atoms with van der Waals surface area (Å²) in [5.41, 5.74) is 6.20. The van der Waals surface area contributed by atoms with Crippen LogP contribution in [0.15, 0.2) is 18.2 Å². The lowest BCUT2D eigenvalue weighted by Gasteiger charge is -2.24. The van der Waals surface area contributed by atoms with Crippen LogP contribution in [-0.4, -0.2) is 43.7 Å². The number of benzene rings is 1. The van der Waals surface area contributed by atoms with Gasteiger partial charge in [-0.15, -0.1) is 0 Å². The van der Waals surface area contributed by atoms with Gasteiger partial charge in [-0.3, -0.25) is 4.79 Å². The van der Waals surface area contributed by atoms with E-state index in [2.05, 4.69) is 0 Å². The third kappa shape index (κ3) is 3.71. The van der Waals surface area contributed by atoms with Gasteiger partial charge in [-0.05, 0) is 50.8 Å². The molecule has 5 heteroatoms. The van der Waals surface area contributed by atoms with Crippen LogP contribution in [0.1, 0.15) is 43.0 Å². The SMILES string of the molecule is COc1cc(C(=O)N(C)C(C)CN)ccc1OC1CCCC1. The molecule has 0 spiro atoms. The Morgan fingerprint density at radius 3 is 2.64 bits per heavy atom. The molecule has 1 aliphatic rings. The Hall–Kier alpha value is -1.75. The molecule has 0 aromatic heterocycles. The van der Waals surface area contributed by atoms with E-state index in [-0.39, 0.29) is 18.1 Å². The summed E-state index contributed by atoms with van der Waals surface area (Å²) in [6.07, 6.45) is 4.85. The Bertz CT molecular complexity index is 513. The largest absolute Gasteiger partial charge is 0.493 e. The molecule has 0 radical (unpaired) electrons. The van der Waals surface area contributed by atoms with Crippen molar-refractivity contribution in [2.75, 3.05) is 20.7 Å². The van der Waals surface area contributed by atoms with Crippen LogP contribution in [0.4, 0.5) is 0 Å². The lowest BCUT2D eigenvalue weighted by atomic mass is 10.1. The lowest BCUT2D eigenvalue weighted by Crippen LogP contribution is -2.39. The number of ether oxygens (including phenoxy) is 2. The summed E-state index contributed by atoms with van der Waals surface area (Å²) in [6.45, 7) is 2.36. The number of amides is 1. The zero-order valence-corrected chi connectivity index (χ0v) is 13.7. The molecule has 0 saturated heterocycles. The van der Waals surface area contributed by atoms with Crippen molar-refractivity contribution in [2.45, 2.75) is 44.8 Å². The Labute approximate surface area is 132 Å². The van der Waals surface area contributed by atoms with Crippen molar-refractivity contribution in [3.05, 3.63) is 23.8 Å². The maximum atomic E-state index is 12.4. The van der Waals surface area contributed by atoms with Crippen LogP contribution in [0.25, 0.3) is 0 Å². The van der Waals surface area contributed by atoms with Crippen molar-refractivity contribution in [3.8, 4) is 11.5 Å². The maximum Gasteiger partial charge on any atom is 0.254 e. The Morgan fingerprint density at radius 2 is 2.05 bits per heavy atom. The number of carbonyl (C=O) groups excluding carboxylic acids is 1.